The molecule has 2 aromatic carbocycles. The van der Waals surface area contributed by atoms with E-state index in [1.165, 1.54) is 26.0 Å². The zero-order valence-electron chi connectivity index (χ0n) is 13.1. The van der Waals surface area contributed by atoms with E-state index < -0.39 is 17.8 Å². The molecule has 2 N–H and O–H groups in total. The zero-order valence-corrected chi connectivity index (χ0v) is 13.9. The molecule has 0 spiro atoms. The molecule has 2 aromatic rings. The van der Waals surface area contributed by atoms with E-state index in [4.69, 9.17) is 16.3 Å². The molecule has 5 nitrogen and oxygen atoms in total. The Kier molecular flexibility index (Phi) is 5.76. The Hall–Kier alpha value is -2.60. The third-order valence-electron chi connectivity index (χ3n) is 3.02. The molecule has 0 aliphatic carbocycles. The fourth-order valence-corrected chi connectivity index (χ4v) is 2.11. The lowest BCUT2D eigenvalue weighted by atomic mass is 10.2. The Morgan fingerprint density at radius 3 is 2.58 bits per heavy atom. The maximum atomic E-state index is 13.8. The number of ether oxygens (including phenoxy) is 1. The maximum Gasteiger partial charge on any atom is 0.265 e. The second kappa shape index (κ2) is 7.79. The highest BCUT2D eigenvalue weighted by Crippen LogP contribution is 2.21. The van der Waals surface area contributed by atoms with Crippen molar-refractivity contribution in [1.82, 2.24) is 0 Å². The number of hydrogen-bond acceptors (Lipinski definition) is 3. The van der Waals surface area contributed by atoms with Crippen LogP contribution in [0.2, 0.25) is 5.02 Å². The average molecular weight is 351 g/mol. The van der Waals surface area contributed by atoms with Crippen LogP contribution in [-0.4, -0.2) is 17.9 Å². The molecule has 0 heterocycles. The Morgan fingerprint density at radius 1 is 1.17 bits per heavy atom. The van der Waals surface area contributed by atoms with Gasteiger partial charge in [-0.1, -0.05) is 17.7 Å². The largest absolute Gasteiger partial charge is 0.481 e. The van der Waals surface area contributed by atoms with Gasteiger partial charge in [0.1, 0.15) is 11.6 Å². The van der Waals surface area contributed by atoms with Gasteiger partial charge in [0.15, 0.2) is 6.10 Å². The van der Waals surface area contributed by atoms with Crippen LogP contribution < -0.4 is 15.4 Å². The smallest absolute Gasteiger partial charge is 0.265 e. The molecule has 0 aromatic heterocycles. The SMILES string of the molecule is CC(=O)Nc1ccc(F)c(NC(=O)C(C)Oc2cccc(Cl)c2)c1. The summed E-state index contributed by atoms with van der Waals surface area (Å²) in [5.74, 6) is -1.02. The first-order valence-electron chi connectivity index (χ1n) is 7.15. The van der Waals surface area contributed by atoms with E-state index in [-0.39, 0.29) is 11.6 Å². The first-order valence-corrected chi connectivity index (χ1v) is 7.53. The van der Waals surface area contributed by atoms with Crippen molar-refractivity contribution in [3.63, 3.8) is 0 Å². The highest BCUT2D eigenvalue weighted by molar-refractivity contribution is 6.30. The number of rotatable bonds is 5. The van der Waals surface area contributed by atoms with E-state index in [1.54, 1.807) is 24.3 Å². The van der Waals surface area contributed by atoms with E-state index in [9.17, 15) is 14.0 Å². The number of benzene rings is 2. The molecule has 2 amide bonds. The summed E-state index contributed by atoms with van der Waals surface area (Å²) in [5, 5.41) is 5.43. The van der Waals surface area contributed by atoms with Crippen LogP contribution >= 0.6 is 11.6 Å². The minimum Gasteiger partial charge on any atom is -0.481 e. The van der Waals surface area contributed by atoms with Crippen molar-refractivity contribution in [3.8, 4) is 5.75 Å². The lowest BCUT2D eigenvalue weighted by Crippen LogP contribution is -2.30. The summed E-state index contributed by atoms with van der Waals surface area (Å²) in [5.41, 5.74) is 0.329. The van der Waals surface area contributed by atoms with Crippen molar-refractivity contribution in [3.05, 3.63) is 53.3 Å². The molecule has 0 fully saturated rings. The van der Waals surface area contributed by atoms with Crippen molar-refractivity contribution in [1.29, 1.82) is 0 Å². The molecule has 126 valence electrons. The monoisotopic (exact) mass is 350 g/mol. The van der Waals surface area contributed by atoms with Crippen LogP contribution in [0.15, 0.2) is 42.5 Å². The average Bonchev–Trinajstić information content (AvgIpc) is 2.50. The lowest BCUT2D eigenvalue weighted by molar-refractivity contribution is -0.122. The molecule has 1 unspecified atom stereocenters. The second-order valence-corrected chi connectivity index (χ2v) is 5.52. The summed E-state index contributed by atoms with van der Waals surface area (Å²) in [4.78, 5) is 23.2. The van der Waals surface area contributed by atoms with Gasteiger partial charge in [0.25, 0.3) is 5.91 Å². The Bertz CT molecular complexity index is 767. The van der Waals surface area contributed by atoms with Gasteiger partial charge in [0.2, 0.25) is 5.91 Å². The van der Waals surface area contributed by atoms with Crippen LogP contribution in [0.1, 0.15) is 13.8 Å². The van der Waals surface area contributed by atoms with E-state index in [1.807, 2.05) is 0 Å². The van der Waals surface area contributed by atoms with Gasteiger partial charge in [-0.3, -0.25) is 9.59 Å². The number of halogens is 2. The predicted octanol–water partition coefficient (Wildman–Crippen LogP) is 3.84. The predicted molar refractivity (Wildman–Crippen MR) is 90.9 cm³/mol. The van der Waals surface area contributed by atoms with E-state index in [0.717, 1.165) is 6.07 Å². The molecule has 7 heteroatoms. The summed E-state index contributed by atoms with van der Waals surface area (Å²) in [7, 11) is 0. The third kappa shape index (κ3) is 4.96. The number of carbonyl (C=O) groups is 2. The van der Waals surface area contributed by atoms with Gasteiger partial charge in [-0.25, -0.2) is 4.39 Å². The van der Waals surface area contributed by atoms with Gasteiger partial charge < -0.3 is 15.4 Å². The van der Waals surface area contributed by atoms with Crippen molar-refractivity contribution in [2.75, 3.05) is 10.6 Å². The Morgan fingerprint density at radius 2 is 1.92 bits per heavy atom. The van der Waals surface area contributed by atoms with Crippen molar-refractivity contribution in [2.45, 2.75) is 20.0 Å². The molecule has 0 aliphatic heterocycles. The third-order valence-corrected chi connectivity index (χ3v) is 3.26. The van der Waals surface area contributed by atoms with E-state index >= 15 is 0 Å². The molecule has 1 atom stereocenters. The van der Waals surface area contributed by atoms with Crippen LogP contribution in [0.3, 0.4) is 0 Å². The fourth-order valence-electron chi connectivity index (χ4n) is 1.93. The lowest BCUT2D eigenvalue weighted by Gasteiger charge is -2.15. The van der Waals surface area contributed by atoms with E-state index in [0.29, 0.717) is 16.5 Å². The van der Waals surface area contributed by atoms with Crippen molar-refractivity contribution >= 4 is 34.8 Å². The van der Waals surface area contributed by atoms with Crippen LogP contribution in [0.4, 0.5) is 15.8 Å². The molecule has 0 aliphatic rings. The van der Waals surface area contributed by atoms with Crippen molar-refractivity contribution in [2.24, 2.45) is 0 Å². The van der Waals surface area contributed by atoms with Gasteiger partial charge >= 0.3 is 0 Å². The zero-order chi connectivity index (χ0) is 17.7. The van der Waals surface area contributed by atoms with Crippen LogP contribution in [0.5, 0.6) is 5.75 Å². The number of amides is 2. The van der Waals surface area contributed by atoms with Crippen LogP contribution in [0, 0.1) is 5.82 Å². The maximum absolute atomic E-state index is 13.8. The normalized spacial score (nSPS) is 11.5. The molecular weight excluding hydrogens is 335 g/mol. The molecule has 2 rings (SSSR count). The molecule has 0 saturated heterocycles. The minimum atomic E-state index is -0.868. The standard InChI is InChI=1S/C17H16ClFN2O3/c1-10(24-14-5-3-4-12(18)8-14)17(23)21-16-9-13(20-11(2)22)6-7-15(16)19/h3-10H,1-2H3,(H,20,22)(H,21,23). The summed E-state index contributed by atoms with van der Waals surface area (Å²) in [6.45, 7) is 2.87. The highest BCUT2D eigenvalue weighted by atomic mass is 35.5. The Labute approximate surface area is 143 Å². The summed E-state index contributed by atoms with van der Waals surface area (Å²) >= 11 is 5.85. The minimum absolute atomic E-state index is 0.0483. The molecule has 0 saturated carbocycles. The first-order chi connectivity index (χ1) is 11.3. The van der Waals surface area contributed by atoms with Crippen LogP contribution in [0.25, 0.3) is 0 Å². The molecular formula is C17H16ClFN2O3. The van der Waals surface area contributed by atoms with Gasteiger partial charge in [0.05, 0.1) is 5.69 Å². The van der Waals surface area contributed by atoms with Crippen molar-refractivity contribution < 1.29 is 18.7 Å². The number of anilines is 2. The summed E-state index contributed by atoms with van der Waals surface area (Å²) < 4.78 is 19.3. The Balaban J connectivity index is 2.06. The molecule has 24 heavy (non-hydrogen) atoms. The number of carbonyl (C=O) groups excluding carboxylic acids is 2. The number of hydrogen-bond donors (Lipinski definition) is 2. The summed E-state index contributed by atoms with van der Waals surface area (Å²) in [6, 6.07) is 10.5. The van der Waals surface area contributed by atoms with Gasteiger partial charge in [-0.2, -0.15) is 0 Å². The van der Waals surface area contributed by atoms with Gasteiger partial charge in [-0.15, -0.1) is 0 Å². The number of nitrogens with one attached hydrogen (secondary N) is 2. The van der Waals surface area contributed by atoms with Gasteiger partial charge in [0, 0.05) is 17.6 Å². The second-order valence-electron chi connectivity index (χ2n) is 5.08. The van der Waals surface area contributed by atoms with Crippen LogP contribution in [-0.2, 0) is 9.59 Å². The molecule has 0 radical (unpaired) electrons. The summed E-state index contributed by atoms with van der Waals surface area (Å²) in [6.07, 6.45) is -0.868. The van der Waals surface area contributed by atoms with Gasteiger partial charge in [-0.05, 0) is 43.3 Å². The quantitative estimate of drug-likeness (QED) is 0.860. The fraction of sp³-hybridized carbons (Fsp3) is 0.176. The topological polar surface area (TPSA) is 67.4 Å². The first kappa shape index (κ1) is 17.7. The van der Waals surface area contributed by atoms with E-state index in [2.05, 4.69) is 10.6 Å². The molecule has 0 bridgehead atoms. The highest BCUT2D eigenvalue weighted by Gasteiger charge is 2.17.